The van der Waals surface area contributed by atoms with E-state index in [9.17, 15) is 23.1 Å². The predicted molar refractivity (Wildman–Crippen MR) is 117 cm³/mol. The molecule has 5 rings (SSSR count). The molecule has 3 aromatic rings. The zero-order valence-corrected chi connectivity index (χ0v) is 18.6. The van der Waals surface area contributed by atoms with Gasteiger partial charge in [0.25, 0.3) is 0 Å². The number of rotatable bonds is 4. The van der Waals surface area contributed by atoms with Crippen molar-refractivity contribution in [2.75, 3.05) is 25.0 Å². The predicted octanol–water partition coefficient (Wildman–Crippen LogP) is 3.78. The average molecular weight is 493 g/mol. The molecular weight excluding hydrogens is 471 g/mol. The van der Waals surface area contributed by atoms with Crippen LogP contribution in [0.2, 0.25) is 0 Å². The Bertz CT molecular complexity index is 1260. The van der Waals surface area contributed by atoms with Gasteiger partial charge in [-0.3, -0.25) is 4.90 Å². The van der Waals surface area contributed by atoms with Crippen LogP contribution in [0.1, 0.15) is 29.8 Å². The van der Waals surface area contributed by atoms with E-state index in [1.54, 1.807) is 19.1 Å². The highest BCUT2D eigenvalue weighted by molar-refractivity contribution is 5.85. The number of para-hydroxylation sites is 1. The molecule has 0 bridgehead atoms. The van der Waals surface area contributed by atoms with Crippen LogP contribution in [-0.4, -0.2) is 58.8 Å². The maximum absolute atomic E-state index is 15.4. The van der Waals surface area contributed by atoms with E-state index >= 15 is 8.78 Å². The van der Waals surface area contributed by atoms with Crippen molar-refractivity contribution < 1.29 is 31.9 Å². The molecule has 0 unspecified atom stereocenters. The molecule has 2 aliphatic heterocycles. The monoisotopic (exact) mass is 493 g/mol. The Hall–Kier alpha value is -3.34. The molecule has 0 saturated carbocycles. The van der Waals surface area contributed by atoms with Crippen molar-refractivity contribution in [3.05, 3.63) is 64.9 Å². The Kier molecular flexibility index (Phi) is 5.62. The van der Waals surface area contributed by atoms with Crippen molar-refractivity contribution in [2.24, 2.45) is 0 Å². The summed E-state index contributed by atoms with van der Waals surface area (Å²) in [5.41, 5.74) is 1.38. The van der Waals surface area contributed by atoms with Crippen LogP contribution in [0.4, 0.5) is 32.4 Å². The maximum Gasteiger partial charge on any atom is 0.401 e. The number of anilines is 1. The average Bonchev–Trinajstić information content (AvgIpc) is 3.09. The van der Waals surface area contributed by atoms with Crippen LogP contribution in [0.25, 0.3) is 10.9 Å². The highest BCUT2D eigenvalue weighted by atomic mass is 19.4. The quantitative estimate of drug-likeness (QED) is 0.543. The third kappa shape index (κ3) is 4.29. The van der Waals surface area contributed by atoms with Crippen molar-refractivity contribution in [2.45, 2.75) is 37.6 Å². The largest absolute Gasteiger partial charge is 0.530 e. The fourth-order valence-corrected chi connectivity index (χ4v) is 5.15. The normalized spacial score (nSPS) is 21.1. The van der Waals surface area contributed by atoms with E-state index in [-0.39, 0.29) is 24.8 Å². The number of nitrogens with zero attached hydrogens (tertiary/aromatic N) is 2. The molecule has 35 heavy (non-hydrogen) atoms. The maximum atomic E-state index is 15.4. The summed E-state index contributed by atoms with van der Waals surface area (Å²) in [6, 6.07) is 6.97. The highest BCUT2D eigenvalue weighted by Gasteiger charge is 2.43. The Morgan fingerprint density at radius 2 is 1.83 bits per heavy atom. The van der Waals surface area contributed by atoms with Gasteiger partial charge >= 0.3 is 6.18 Å². The molecule has 2 aromatic carbocycles. The summed E-state index contributed by atoms with van der Waals surface area (Å²) in [5.74, 6) is -1.97. The van der Waals surface area contributed by atoms with Gasteiger partial charge in [0.1, 0.15) is 17.7 Å². The number of hydrogen-bond donors (Lipinski definition) is 2. The van der Waals surface area contributed by atoms with Crippen molar-refractivity contribution in [1.82, 2.24) is 14.8 Å². The number of likely N-dealkylation sites (tertiary alicyclic amines) is 1. The molecular formula is C24H22F5N4O2-. The van der Waals surface area contributed by atoms with Gasteiger partial charge in [-0.15, -0.1) is 0 Å². The lowest BCUT2D eigenvalue weighted by Gasteiger charge is -2.42. The summed E-state index contributed by atoms with van der Waals surface area (Å²) in [6.07, 6.45) is -5.61. The zero-order chi connectivity index (χ0) is 25.1. The lowest BCUT2D eigenvalue weighted by Crippen LogP contribution is -2.60. The van der Waals surface area contributed by atoms with Gasteiger partial charge in [-0.25, -0.2) is 8.78 Å². The Balaban J connectivity index is 1.55. The van der Waals surface area contributed by atoms with Gasteiger partial charge in [0.2, 0.25) is 0 Å². The van der Waals surface area contributed by atoms with Crippen LogP contribution in [0, 0.1) is 11.6 Å². The molecule has 11 heteroatoms. The number of carbonyl (C=O) groups is 1. The Labute approximate surface area is 197 Å². The number of aromatic nitrogens is 1. The molecule has 1 aromatic heterocycles. The summed E-state index contributed by atoms with van der Waals surface area (Å²) < 4.78 is 71.5. The number of alkyl halides is 3. The number of halogens is 5. The van der Waals surface area contributed by atoms with Crippen LogP contribution in [0.3, 0.4) is 0 Å². The molecule has 2 N–H and O–H groups in total. The standard InChI is InChI=1S/C24H23F5N4O2/c1-12-6-16-15-4-2-3-5-19(15)31-21(16)22(33(12)11-24(27,28)29)20-17(25)7-13(8-18(20)26)30-14-9-32(10-14)23(34)35/h2-5,7-8,12,14,22,30-31H,6,9-11H2,1H3,(H,34,35)/p-1/t12-,22-/m1/s1. The van der Waals surface area contributed by atoms with Gasteiger partial charge in [-0.1, -0.05) is 18.2 Å². The van der Waals surface area contributed by atoms with Crippen LogP contribution >= 0.6 is 0 Å². The molecule has 0 aliphatic carbocycles. The number of fused-ring (bicyclic) bond motifs is 3. The van der Waals surface area contributed by atoms with Gasteiger partial charge in [0.05, 0.1) is 18.6 Å². The van der Waals surface area contributed by atoms with Gasteiger partial charge in [0, 0.05) is 47.0 Å². The van der Waals surface area contributed by atoms with Gasteiger partial charge in [-0.2, -0.15) is 13.2 Å². The summed E-state index contributed by atoms with van der Waals surface area (Å²) in [6.45, 7) is 0.499. The second-order valence-corrected chi connectivity index (χ2v) is 9.17. The van der Waals surface area contributed by atoms with E-state index in [0.29, 0.717) is 17.6 Å². The number of amides is 1. The van der Waals surface area contributed by atoms with Crippen LogP contribution in [-0.2, 0) is 6.42 Å². The summed E-state index contributed by atoms with van der Waals surface area (Å²) in [7, 11) is 0. The number of nitrogens with one attached hydrogen (secondary N) is 2. The second kappa shape index (κ2) is 8.40. The van der Waals surface area contributed by atoms with Crippen molar-refractivity contribution in [3.63, 3.8) is 0 Å². The number of carboxylic acid groups (broad SMARTS) is 1. The Morgan fingerprint density at radius 1 is 1.17 bits per heavy atom. The minimum Gasteiger partial charge on any atom is -0.530 e. The number of H-pyrrole nitrogens is 1. The topological polar surface area (TPSA) is 74.4 Å². The summed E-state index contributed by atoms with van der Waals surface area (Å²) >= 11 is 0. The van der Waals surface area contributed by atoms with Crippen molar-refractivity contribution in [3.8, 4) is 0 Å². The molecule has 0 spiro atoms. The number of carbonyl (C=O) groups excluding carboxylic acids is 1. The van der Waals surface area contributed by atoms with Gasteiger partial charge in [-0.05, 0) is 37.1 Å². The van der Waals surface area contributed by atoms with E-state index in [4.69, 9.17) is 0 Å². The van der Waals surface area contributed by atoms with E-state index in [0.717, 1.165) is 32.9 Å². The van der Waals surface area contributed by atoms with E-state index in [1.807, 2.05) is 12.1 Å². The summed E-state index contributed by atoms with van der Waals surface area (Å²) in [4.78, 5) is 16.0. The lowest BCUT2D eigenvalue weighted by atomic mass is 9.88. The molecule has 1 saturated heterocycles. The van der Waals surface area contributed by atoms with E-state index in [2.05, 4.69) is 10.3 Å². The molecule has 1 fully saturated rings. The van der Waals surface area contributed by atoms with Gasteiger partial charge in [0.15, 0.2) is 0 Å². The Morgan fingerprint density at radius 3 is 2.46 bits per heavy atom. The smallest absolute Gasteiger partial charge is 0.401 e. The third-order valence-electron chi connectivity index (χ3n) is 6.74. The first kappa shape index (κ1) is 23.4. The fraction of sp³-hybridized carbons (Fsp3) is 0.375. The number of hydrogen-bond acceptors (Lipinski definition) is 4. The van der Waals surface area contributed by atoms with Crippen molar-refractivity contribution >= 4 is 22.7 Å². The molecule has 3 heterocycles. The summed E-state index contributed by atoms with van der Waals surface area (Å²) in [5, 5.41) is 14.5. The minimum absolute atomic E-state index is 0.0786. The molecule has 6 nitrogen and oxygen atoms in total. The number of benzene rings is 2. The molecule has 2 atom stereocenters. The first-order chi connectivity index (χ1) is 16.5. The third-order valence-corrected chi connectivity index (χ3v) is 6.74. The molecule has 2 aliphatic rings. The van der Waals surface area contributed by atoms with Crippen LogP contribution < -0.4 is 10.4 Å². The first-order valence-corrected chi connectivity index (χ1v) is 11.1. The first-order valence-electron chi connectivity index (χ1n) is 11.1. The SMILES string of the molecule is C[C@@H]1Cc2c([nH]c3ccccc23)[C@@H](c2c(F)cc(NC3CN(C(=O)[O-])C3)cc2F)N1CC(F)(F)F. The zero-order valence-electron chi connectivity index (χ0n) is 18.6. The van der Waals surface area contributed by atoms with Crippen LogP contribution in [0.5, 0.6) is 0 Å². The van der Waals surface area contributed by atoms with E-state index in [1.165, 1.54) is 0 Å². The number of aromatic amines is 1. The molecule has 1 amide bonds. The van der Waals surface area contributed by atoms with Crippen LogP contribution in [0.15, 0.2) is 36.4 Å². The lowest BCUT2D eigenvalue weighted by molar-refractivity contribution is -0.269. The minimum atomic E-state index is -4.57. The fourth-order valence-electron chi connectivity index (χ4n) is 5.15. The molecule has 186 valence electrons. The highest BCUT2D eigenvalue weighted by Crippen LogP contribution is 2.44. The molecule has 0 radical (unpaired) electrons. The van der Waals surface area contributed by atoms with Crippen molar-refractivity contribution in [1.29, 1.82) is 0 Å². The van der Waals surface area contributed by atoms with E-state index < -0.39 is 48.1 Å². The van der Waals surface area contributed by atoms with Gasteiger partial charge < -0.3 is 25.1 Å². The second-order valence-electron chi connectivity index (χ2n) is 9.17.